The van der Waals surface area contributed by atoms with Crippen LogP contribution >= 0.6 is 11.6 Å². The van der Waals surface area contributed by atoms with Crippen LogP contribution < -0.4 is 0 Å². The zero-order chi connectivity index (χ0) is 14.0. The maximum absolute atomic E-state index is 11.0. The van der Waals surface area contributed by atoms with Gasteiger partial charge >= 0.3 is 5.97 Å². The molecule has 0 unspecified atom stereocenters. The number of benzene rings is 1. The Morgan fingerprint density at radius 2 is 2.16 bits per heavy atom. The minimum absolute atomic E-state index is 0.00314. The fraction of sp³-hybridized carbons (Fsp3) is 0.0714. The average molecular weight is 273 g/mol. The SMILES string of the molecule is [C-]#[N+]c1cc(-c2cc(C(=O)O)c(Cl)cn2)ccc1C. The molecule has 0 spiro atoms. The van der Waals surface area contributed by atoms with Crippen molar-refractivity contribution in [2.45, 2.75) is 6.92 Å². The predicted molar refractivity (Wildman–Crippen MR) is 72.6 cm³/mol. The molecular formula is C14H9ClN2O2. The van der Waals surface area contributed by atoms with E-state index in [2.05, 4.69) is 9.83 Å². The summed E-state index contributed by atoms with van der Waals surface area (Å²) in [6.07, 6.45) is 1.30. The Labute approximate surface area is 115 Å². The molecule has 0 amide bonds. The lowest BCUT2D eigenvalue weighted by molar-refractivity contribution is 0.0697. The number of hydrogen-bond acceptors (Lipinski definition) is 2. The van der Waals surface area contributed by atoms with Gasteiger partial charge in [0.2, 0.25) is 0 Å². The van der Waals surface area contributed by atoms with Crippen LogP contribution in [0.3, 0.4) is 0 Å². The normalized spacial score (nSPS) is 9.95. The van der Waals surface area contributed by atoms with Gasteiger partial charge < -0.3 is 5.11 Å². The molecule has 0 aliphatic heterocycles. The molecule has 2 aromatic rings. The minimum Gasteiger partial charge on any atom is -0.478 e. The second-order valence-electron chi connectivity index (χ2n) is 3.97. The Balaban J connectivity index is 2.57. The largest absolute Gasteiger partial charge is 0.478 e. The highest BCUT2D eigenvalue weighted by molar-refractivity contribution is 6.33. The molecule has 0 saturated carbocycles. The molecule has 94 valence electrons. The van der Waals surface area contributed by atoms with E-state index in [1.54, 1.807) is 18.2 Å². The summed E-state index contributed by atoms with van der Waals surface area (Å²) in [5.74, 6) is -1.11. The van der Waals surface area contributed by atoms with Crippen molar-refractivity contribution in [1.29, 1.82) is 0 Å². The number of aromatic nitrogens is 1. The summed E-state index contributed by atoms with van der Waals surface area (Å²) >= 11 is 5.77. The van der Waals surface area contributed by atoms with E-state index < -0.39 is 5.97 Å². The molecule has 0 saturated heterocycles. The Kier molecular flexibility index (Phi) is 3.50. The maximum atomic E-state index is 11.0. The van der Waals surface area contributed by atoms with Crippen LogP contribution in [0.1, 0.15) is 15.9 Å². The first kappa shape index (κ1) is 13.1. The minimum atomic E-state index is -1.11. The van der Waals surface area contributed by atoms with Crippen LogP contribution in [0.15, 0.2) is 30.5 Å². The van der Waals surface area contributed by atoms with Gasteiger partial charge in [-0.1, -0.05) is 23.7 Å². The van der Waals surface area contributed by atoms with Gasteiger partial charge in [-0.25, -0.2) is 9.64 Å². The highest BCUT2D eigenvalue weighted by atomic mass is 35.5. The van der Waals surface area contributed by atoms with E-state index in [0.29, 0.717) is 16.9 Å². The second kappa shape index (κ2) is 5.09. The molecule has 5 heteroatoms. The van der Waals surface area contributed by atoms with Gasteiger partial charge in [0.05, 0.1) is 22.9 Å². The average Bonchev–Trinajstić information content (AvgIpc) is 2.39. The molecule has 1 aromatic heterocycles. The first-order valence-electron chi connectivity index (χ1n) is 5.40. The smallest absolute Gasteiger partial charge is 0.337 e. The van der Waals surface area contributed by atoms with Gasteiger partial charge in [0.15, 0.2) is 5.69 Å². The Bertz CT molecular complexity index is 705. The third-order valence-corrected chi connectivity index (χ3v) is 3.01. The van der Waals surface area contributed by atoms with Gasteiger partial charge in [0.1, 0.15) is 0 Å². The van der Waals surface area contributed by atoms with E-state index in [0.717, 1.165) is 5.56 Å². The van der Waals surface area contributed by atoms with Gasteiger partial charge in [-0.3, -0.25) is 4.98 Å². The lowest BCUT2D eigenvalue weighted by Crippen LogP contribution is -1.99. The van der Waals surface area contributed by atoms with Gasteiger partial charge in [-0.05, 0) is 30.2 Å². The van der Waals surface area contributed by atoms with Crippen molar-refractivity contribution in [3.05, 3.63) is 58.0 Å². The van der Waals surface area contributed by atoms with E-state index in [9.17, 15) is 4.79 Å². The zero-order valence-electron chi connectivity index (χ0n) is 10.0. The molecule has 2 rings (SSSR count). The molecule has 1 heterocycles. The van der Waals surface area contributed by atoms with Gasteiger partial charge in [-0.2, -0.15) is 0 Å². The number of rotatable bonds is 2. The third-order valence-electron chi connectivity index (χ3n) is 2.71. The van der Waals surface area contributed by atoms with E-state index in [4.69, 9.17) is 23.3 Å². The molecular weight excluding hydrogens is 264 g/mol. The molecule has 0 bridgehead atoms. The van der Waals surface area contributed by atoms with E-state index in [1.165, 1.54) is 12.3 Å². The number of aryl methyl sites for hydroxylation is 1. The molecule has 4 nitrogen and oxygen atoms in total. The number of carboxylic acid groups (broad SMARTS) is 1. The van der Waals surface area contributed by atoms with Crippen LogP contribution in [0.5, 0.6) is 0 Å². The van der Waals surface area contributed by atoms with Gasteiger partial charge in [0, 0.05) is 6.20 Å². The number of halogens is 1. The second-order valence-corrected chi connectivity index (χ2v) is 4.37. The lowest BCUT2D eigenvalue weighted by atomic mass is 10.1. The first-order chi connectivity index (χ1) is 9.02. The molecule has 19 heavy (non-hydrogen) atoms. The van der Waals surface area contributed by atoms with Crippen molar-refractivity contribution >= 4 is 23.3 Å². The number of hydrogen-bond donors (Lipinski definition) is 1. The Hall–Kier alpha value is -2.38. The van der Waals surface area contributed by atoms with Crippen molar-refractivity contribution in [3.63, 3.8) is 0 Å². The number of carbonyl (C=O) groups is 1. The zero-order valence-corrected chi connectivity index (χ0v) is 10.8. The standard InChI is InChI=1S/C14H9ClN2O2/c1-8-3-4-9(5-12(8)16-2)13-6-10(14(18)19)11(15)7-17-13/h3-7H,1H3,(H,18,19). The van der Waals surface area contributed by atoms with Crippen LogP contribution in [0, 0.1) is 13.5 Å². The topological polar surface area (TPSA) is 54.5 Å². The summed E-state index contributed by atoms with van der Waals surface area (Å²) in [7, 11) is 0. The molecule has 1 N–H and O–H groups in total. The maximum Gasteiger partial charge on any atom is 0.337 e. The van der Waals surface area contributed by atoms with Crippen molar-refractivity contribution in [2.24, 2.45) is 0 Å². The molecule has 0 atom stereocenters. The van der Waals surface area contributed by atoms with Crippen LogP contribution in [0.4, 0.5) is 5.69 Å². The monoisotopic (exact) mass is 272 g/mol. The number of pyridine rings is 1. The molecule has 1 aromatic carbocycles. The van der Waals surface area contributed by atoms with Crippen LogP contribution in [-0.2, 0) is 0 Å². The number of nitrogens with zero attached hydrogens (tertiary/aromatic N) is 2. The number of carboxylic acids is 1. The third kappa shape index (κ3) is 2.56. The van der Waals surface area contributed by atoms with Crippen molar-refractivity contribution in [2.75, 3.05) is 0 Å². The quantitative estimate of drug-likeness (QED) is 0.842. The summed E-state index contributed by atoms with van der Waals surface area (Å²) in [4.78, 5) is 18.5. The molecule has 0 radical (unpaired) electrons. The van der Waals surface area contributed by atoms with E-state index in [1.807, 2.05) is 6.92 Å². The fourth-order valence-corrected chi connectivity index (χ4v) is 1.83. The summed E-state index contributed by atoms with van der Waals surface area (Å²) < 4.78 is 0. The van der Waals surface area contributed by atoms with Crippen LogP contribution in [0.25, 0.3) is 16.1 Å². The highest BCUT2D eigenvalue weighted by Crippen LogP contribution is 2.28. The van der Waals surface area contributed by atoms with Crippen molar-refractivity contribution in [3.8, 4) is 11.3 Å². The first-order valence-corrected chi connectivity index (χ1v) is 5.78. The van der Waals surface area contributed by atoms with Gasteiger partial charge in [0.25, 0.3) is 0 Å². The van der Waals surface area contributed by atoms with E-state index >= 15 is 0 Å². The van der Waals surface area contributed by atoms with Crippen LogP contribution in [0.2, 0.25) is 5.02 Å². The van der Waals surface area contributed by atoms with Crippen molar-refractivity contribution < 1.29 is 9.90 Å². The Morgan fingerprint density at radius 3 is 2.79 bits per heavy atom. The summed E-state index contributed by atoms with van der Waals surface area (Å²) in [6, 6.07) is 6.69. The predicted octanol–water partition coefficient (Wildman–Crippen LogP) is 3.96. The lowest BCUT2D eigenvalue weighted by Gasteiger charge is -2.05. The summed E-state index contributed by atoms with van der Waals surface area (Å²) in [5, 5.41) is 9.11. The van der Waals surface area contributed by atoms with Crippen molar-refractivity contribution in [1.82, 2.24) is 4.98 Å². The van der Waals surface area contributed by atoms with Crippen LogP contribution in [-0.4, -0.2) is 16.1 Å². The fourth-order valence-electron chi connectivity index (χ4n) is 1.65. The molecule has 0 aliphatic carbocycles. The summed E-state index contributed by atoms with van der Waals surface area (Å²) in [5.41, 5.74) is 2.55. The van der Waals surface area contributed by atoms with Gasteiger partial charge in [-0.15, -0.1) is 0 Å². The molecule has 0 fully saturated rings. The highest BCUT2D eigenvalue weighted by Gasteiger charge is 2.12. The summed E-state index contributed by atoms with van der Waals surface area (Å²) in [6.45, 7) is 8.92. The number of aromatic carboxylic acids is 1. The Morgan fingerprint density at radius 1 is 1.42 bits per heavy atom. The van der Waals surface area contributed by atoms with E-state index in [-0.39, 0.29) is 10.6 Å². The molecule has 0 aliphatic rings.